The second kappa shape index (κ2) is 6.58. The Morgan fingerprint density at radius 3 is 1.31 bits per heavy atom. The maximum Gasteiger partial charge on any atom is 0.0658 e. The van der Waals surface area contributed by atoms with E-state index in [-0.39, 0.29) is 25.4 Å². The minimum absolute atomic E-state index is 0.0787. The zero-order chi connectivity index (χ0) is 10.5. The minimum atomic E-state index is -0.968. The Bertz CT molecular complexity index is 122. The van der Waals surface area contributed by atoms with Crippen LogP contribution in [0.1, 0.15) is 6.92 Å². The summed E-state index contributed by atoms with van der Waals surface area (Å²) in [6.45, 7) is 1.84. The summed E-state index contributed by atoms with van der Waals surface area (Å²) in [6.07, 6.45) is -0.315. The highest BCUT2D eigenvalue weighted by atomic mass is 31.2. The van der Waals surface area contributed by atoms with Crippen LogP contribution in [0.4, 0.5) is 0 Å². The molecule has 0 fully saturated rings. The quantitative estimate of drug-likeness (QED) is 0.508. The molecule has 0 aromatic carbocycles. The van der Waals surface area contributed by atoms with Gasteiger partial charge in [-0.3, -0.25) is 0 Å². The van der Waals surface area contributed by atoms with Gasteiger partial charge in [0.25, 0.3) is 0 Å². The Kier molecular flexibility index (Phi) is 7.16. The van der Waals surface area contributed by atoms with E-state index in [4.69, 9.17) is 20.4 Å². The zero-order valence-electron chi connectivity index (χ0n) is 7.59. The van der Waals surface area contributed by atoms with Crippen molar-refractivity contribution in [2.24, 2.45) is 0 Å². The predicted octanol–water partition coefficient (Wildman–Crippen LogP) is 0.298. The standard InChI is InChI=1S/C6H17O4P3/c1-6(11,12(2-7)3-8)13(4-9)5-10/h7-10H,2-5,11H2,1H3. The molecular weight excluding hydrogens is 229 g/mol. The first-order valence-corrected chi connectivity index (χ1v) is 7.77. The van der Waals surface area contributed by atoms with Crippen LogP contribution in [0.25, 0.3) is 0 Å². The second-order valence-corrected chi connectivity index (χ2v) is 10.4. The molecule has 1 atom stereocenters. The molecule has 4 nitrogen and oxygen atoms in total. The lowest BCUT2D eigenvalue weighted by molar-refractivity contribution is 0.337. The molecule has 0 spiro atoms. The van der Waals surface area contributed by atoms with Gasteiger partial charge in [0, 0.05) is 4.64 Å². The van der Waals surface area contributed by atoms with Crippen molar-refractivity contribution in [3.05, 3.63) is 0 Å². The molecule has 13 heavy (non-hydrogen) atoms. The molecule has 0 bridgehead atoms. The molecule has 0 amide bonds. The SMILES string of the molecule is CC(P)(P(CO)CO)P(CO)CO. The first-order valence-electron chi connectivity index (χ1n) is 3.77. The van der Waals surface area contributed by atoms with E-state index in [1.165, 1.54) is 0 Å². The Hall–Kier alpha value is 1.13. The molecule has 0 saturated heterocycles. The van der Waals surface area contributed by atoms with Crippen LogP contribution in [0.15, 0.2) is 0 Å². The molecule has 7 heteroatoms. The Balaban J connectivity index is 4.48. The fraction of sp³-hybridized carbons (Fsp3) is 1.00. The predicted molar refractivity (Wildman–Crippen MR) is 60.3 cm³/mol. The third-order valence-electron chi connectivity index (χ3n) is 1.96. The maximum absolute atomic E-state index is 9.00. The van der Waals surface area contributed by atoms with Gasteiger partial charge in [0.15, 0.2) is 0 Å². The van der Waals surface area contributed by atoms with Crippen LogP contribution in [0.5, 0.6) is 0 Å². The van der Waals surface area contributed by atoms with Gasteiger partial charge >= 0.3 is 0 Å². The van der Waals surface area contributed by atoms with Gasteiger partial charge < -0.3 is 20.4 Å². The van der Waals surface area contributed by atoms with Crippen molar-refractivity contribution in [1.82, 2.24) is 0 Å². The van der Waals surface area contributed by atoms with Crippen LogP contribution >= 0.6 is 25.1 Å². The third kappa shape index (κ3) is 3.64. The van der Waals surface area contributed by atoms with Crippen molar-refractivity contribution in [3.63, 3.8) is 0 Å². The summed E-state index contributed by atoms with van der Waals surface area (Å²) in [5, 5.41) is 36.0. The van der Waals surface area contributed by atoms with E-state index >= 15 is 0 Å². The second-order valence-electron chi connectivity index (χ2n) is 2.74. The number of rotatable bonds is 6. The van der Waals surface area contributed by atoms with Gasteiger partial charge in [-0.2, -0.15) is 0 Å². The van der Waals surface area contributed by atoms with Crippen molar-refractivity contribution >= 4 is 25.1 Å². The van der Waals surface area contributed by atoms with Gasteiger partial charge in [-0.1, -0.05) is 0 Å². The lowest BCUT2D eigenvalue weighted by Gasteiger charge is -2.37. The van der Waals surface area contributed by atoms with Crippen LogP contribution in [0.3, 0.4) is 0 Å². The molecule has 0 aromatic rings. The topological polar surface area (TPSA) is 80.9 Å². The Labute approximate surface area is 83.1 Å². The zero-order valence-corrected chi connectivity index (χ0v) is 10.5. The molecule has 0 aliphatic carbocycles. The van der Waals surface area contributed by atoms with Gasteiger partial charge in [0.2, 0.25) is 0 Å². The number of aliphatic hydroxyl groups is 4. The van der Waals surface area contributed by atoms with E-state index in [1.54, 1.807) is 0 Å². The first-order chi connectivity index (χ1) is 6.04. The molecule has 80 valence electrons. The average Bonchev–Trinajstić information content (AvgIpc) is 2.07. The average molecular weight is 246 g/mol. The fourth-order valence-electron chi connectivity index (χ4n) is 0.862. The molecule has 0 saturated carbocycles. The van der Waals surface area contributed by atoms with Crippen molar-refractivity contribution in [3.8, 4) is 0 Å². The third-order valence-corrected chi connectivity index (χ3v) is 9.78. The highest BCUT2D eigenvalue weighted by Crippen LogP contribution is 2.68. The number of aliphatic hydroxyl groups excluding tert-OH is 4. The van der Waals surface area contributed by atoms with Gasteiger partial charge in [-0.25, -0.2) is 0 Å². The van der Waals surface area contributed by atoms with E-state index in [1.807, 2.05) is 6.92 Å². The van der Waals surface area contributed by atoms with Crippen molar-refractivity contribution in [1.29, 1.82) is 0 Å². The van der Waals surface area contributed by atoms with Crippen LogP contribution in [-0.4, -0.2) is 50.5 Å². The summed E-state index contributed by atoms with van der Waals surface area (Å²) in [6, 6.07) is 0. The molecule has 0 aliphatic rings. The molecule has 4 N–H and O–H groups in total. The smallest absolute Gasteiger partial charge is 0.0658 e. The van der Waals surface area contributed by atoms with E-state index in [9.17, 15) is 0 Å². The molecule has 1 unspecified atom stereocenters. The summed E-state index contributed by atoms with van der Waals surface area (Å²) in [4.78, 5) is 0. The number of hydrogen-bond donors (Lipinski definition) is 4. The van der Waals surface area contributed by atoms with Gasteiger partial charge in [-0.05, 0) is 22.8 Å². The van der Waals surface area contributed by atoms with E-state index in [0.29, 0.717) is 0 Å². The lowest BCUT2D eigenvalue weighted by Crippen LogP contribution is -2.18. The van der Waals surface area contributed by atoms with Gasteiger partial charge in [0.1, 0.15) is 0 Å². The largest absolute Gasteiger partial charge is 0.392 e. The maximum atomic E-state index is 9.00. The molecule has 0 radical (unpaired) electrons. The van der Waals surface area contributed by atoms with Crippen LogP contribution < -0.4 is 0 Å². The summed E-state index contributed by atoms with van der Waals surface area (Å²) in [7, 11) is 0.607. The normalized spacial score (nSPS) is 12.9. The van der Waals surface area contributed by atoms with E-state index in [0.717, 1.165) is 0 Å². The molecule has 0 aliphatic heterocycles. The Morgan fingerprint density at radius 2 is 1.15 bits per heavy atom. The van der Waals surface area contributed by atoms with Crippen molar-refractivity contribution in [2.45, 2.75) is 11.6 Å². The van der Waals surface area contributed by atoms with E-state index < -0.39 is 20.5 Å². The first kappa shape index (κ1) is 14.1. The van der Waals surface area contributed by atoms with Crippen molar-refractivity contribution in [2.75, 3.05) is 25.4 Å². The van der Waals surface area contributed by atoms with Crippen LogP contribution in [-0.2, 0) is 0 Å². The fourth-order valence-corrected chi connectivity index (χ4v) is 5.52. The highest BCUT2D eigenvalue weighted by Gasteiger charge is 2.35. The van der Waals surface area contributed by atoms with Gasteiger partial charge in [0.05, 0.1) is 25.4 Å². The monoisotopic (exact) mass is 246 g/mol. The van der Waals surface area contributed by atoms with Crippen LogP contribution in [0.2, 0.25) is 0 Å². The van der Waals surface area contributed by atoms with Crippen molar-refractivity contribution < 1.29 is 20.4 Å². The molecule has 0 rings (SSSR count). The summed E-state index contributed by atoms with van der Waals surface area (Å²) in [5.74, 6) is 0. The summed E-state index contributed by atoms with van der Waals surface area (Å²) >= 11 is 0. The molecule has 0 aromatic heterocycles. The highest BCUT2D eigenvalue weighted by molar-refractivity contribution is 7.85. The summed E-state index contributed by atoms with van der Waals surface area (Å²) in [5.41, 5.74) is 0. The van der Waals surface area contributed by atoms with E-state index in [2.05, 4.69) is 9.24 Å². The Morgan fingerprint density at radius 1 is 0.923 bits per heavy atom. The van der Waals surface area contributed by atoms with Crippen LogP contribution in [0, 0.1) is 0 Å². The lowest BCUT2D eigenvalue weighted by atomic mass is 10.9. The minimum Gasteiger partial charge on any atom is -0.392 e. The molecular formula is C6H17O4P3. The molecule has 0 heterocycles. The number of hydrogen-bond acceptors (Lipinski definition) is 4. The van der Waals surface area contributed by atoms with Gasteiger partial charge in [-0.15, -0.1) is 9.24 Å². The summed E-state index contributed by atoms with van der Waals surface area (Å²) < 4.78 is -0.419.